The number of hydrogen-bond acceptors (Lipinski definition) is 4. The summed E-state index contributed by atoms with van der Waals surface area (Å²) in [4.78, 5) is 0. The van der Waals surface area contributed by atoms with Crippen LogP contribution in [-0.2, 0) is 11.3 Å². The molecule has 1 aromatic rings. The summed E-state index contributed by atoms with van der Waals surface area (Å²) in [6, 6.07) is 3.97. The van der Waals surface area contributed by atoms with Gasteiger partial charge in [-0.15, -0.1) is 0 Å². The second-order valence-electron chi connectivity index (χ2n) is 4.78. The van der Waals surface area contributed by atoms with Crippen LogP contribution in [0.2, 0.25) is 0 Å². The van der Waals surface area contributed by atoms with Crippen LogP contribution in [0.4, 0.5) is 0 Å². The van der Waals surface area contributed by atoms with Gasteiger partial charge < -0.3 is 19.5 Å². The molecular formula is C15H24BrNO3. The van der Waals surface area contributed by atoms with Crippen molar-refractivity contribution >= 4 is 15.9 Å². The summed E-state index contributed by atoms with van der Waals surface area (Å²) < 4.78 is 17.2. The molecular weight excluding hydrogens is 322 g/mol. The highest BCUT2D eigenvalue weighted by Crippen LogP contribution is 2.34. The smallest absolute Gasteiger partial charge is 0.162 e. The molecule has 4 nitrogen and oxygen atoms in total. The van der Waals surface area contributed by atoms with E-state index in [1.165, 1.54) is 0 Å². The van der Waals surface area contributed by atoms with Crippen molar-refractivity contribution in [1.29, 1.82) is 0 Å². The van der Waals surface area contributed by atoms with E-state index < -0.39 is 0 Å². The van der Waals surface area contributed by atoms with Gasteiger partial charge in [0.25, 0.3) is 0 Å². The van der Waals surface area contributed by atoms with Gasteiger partial charge in [0, 0.05) is 24.7 Å². The molecule has 0 saturated heterocycles. The van der Waals surface area contributed by atoms with E-state index in [2.05, 4.69) is 21.2 Å². The fourth-order valence-electron chi connectivity index (χ4n) is 1.78. The number of ether oxygens (including phenoxy) is 3. The molecule has 0 atom stereocenters. The molecule has 0 fully saturated rings. The third kappa shape index (κ3) is 5.69. The molecule has 0 saturated carbocycles. The first-order valence-corrected chi connectivity index (χ1v) is 7.60. The maximum atomic E-state index is 5.74. The Balaban J connectivity index is 2.67. The summed E-state index contributed by atoms with van der Waals surface area (Å²) in [5.74, 6) is 1.52. The van der Waals surface area contributed by atoms with Crippen molar-refractivity contribution in [2.24, 2.45) is 0 Å². The molecule has 0 unspecified atom stereocenters. The number of halogens is 1. The predicted octanol–water partition coefficient (Wildman–Crippen LogP) is 3.37. The van der Waals surface area contributed by atoms with Crippen LogP contribution in [0, 0.1) is 0 Å². The van der Waals surface area contributed by atoms with Crippen molar-refractivity contribution in [3.8, 4) is 11.5 Å². The van der Waals surface area contributed by atoms with Crippen molar-refractivity contribution in [2.75, 3.05) is 27.4 Å². The van der Waals surface area contributed by atoms with E-state index in [4.69, 9.17) is 14.2 Å². The molecule has 0 heterocycles. The molecule has 1 rings (SSSR count). The van der Waals surface area contributed by atoms with E-state index in [9.17, 15) is 0 Å². The van der Waals surface area contributed by atoms with E-state index >= 15 is 0 Å². The fraction of sp³-hybridized carbons (Fsp3) is 0.600. The minimum Gasteiger partial charge on any atom is -0.493 e. The van der Waals surface area contributed by atoms with Gasteiger partial charge in [-0.05, 0) is 44.5 Å². The predicted molar refractivity (Wildman–Crippen MR) is 84.7 cm³/mol. The second kappa shape index (κ2) is 9.21. The fourth-order valence-corrected chi connectivity index (χ4v) is 2.25. The third-order valence-electron chi connectivity index (χ3n) is 2.71. The van der Waals surface area contributed by atoms with Crippen LogP contribution in [-0.4, -0.2) is 33.5 Å². The Hall–Kier alpha value is -0.780. The summed E-state index contributed by atoms with van der Waals surface area (Å²) in [5, 5.41) is 3.38. The van der Waals surface area contributed by atoms with Gasteiger partial charge in [-0.2, -0.15) is 0 Å². The normalized spacial score (nSPS) is 10.9. The van der Waals surface area contributed by atoms with E-state index in [-0.39, 0.29) is 6.10 Å². The third-order valence-corrected chi connectivity index (χ3v) is 3.45. The summed E-state index contributed by atoms with van der Waals surface area (Å²) in [6.45, 7) is 6.48. The molecule has 0 aliphatic rings. The molecule has 0 bridgehead atoms. The Labute approximate surface area is 129 Å². The van der Waals surface area contributed by atoms with Gasteiger partial charge in [-0.1, -0.05) is 15.9 Å². The number of nitrogens with one attached hydrogen (secondary N) is 1. The van der Waals surface area contributed by atoms with Crippen molar-refractivity contribution in [3.05, 3.63) is 22.2 Å². The summed E-state index contributed by atoms with van der Waals surface area (Å²) in [7, 11) is 3.38. The molecule has 0 spiro atoms. The average molecular weight is 346 g/mol. The number of hydrogen-bond donors (Lipinski definition) is 1. The number of methoxy groups -OCH3 is 2. The van der Waals surface area contributed by atoms with Crippen molar-refractivity contribution in [2.45, 2.75) is 32.9 Å². The van der Waals surface area contributed by atoms with Crippen LogP contribution in [0.15, 0.2) is 16.6 Å². The van der Waals surface area contributed by atoms with Crippen LogP contribution < -0.4 is 14.8 Å². The Morgan fingerprint density at radius 3 is 2.55 bits per heavy atom. The largest absolute Gasteiger partial charge is 0.493 e. The lowest BCUT2D eigenvalue weighted by Gasteiger charge is -2.16. The zero-order valence-electron chi connectivity index (χ0n) is 12.7. The lowest BCUT2D eigenvalue weighted by atomic mass is 10.2. The van der Waals surface area contributed by atoms with E-state index in [1.807, 2.05) is 26.0 Å². The topological polar surface area (TPSA) is 39.7 Å². The SMILES string of the molecule is COCCCNCc1cc(OC)c(OC(C)C)cc1Br. The Morgan fingerprint density at radius 1 is 1.20 bits per heavy atom. The molecule has 0 aliphatic carbocycles. The minimum absolute atomic E-state index is 0.119. The molecule has 0 amide bonds. The van der Waals surface area contributed by atoms with Gasteiger partial charge in [0.1, 0.15) is 0 Å². The van der Waals surface area contributed by atoms with Crippen LogP contribution in [0.25, 0.3) is 0 Å². The molecule has 1 aromatic carbocycles. The highest BCUT2D eigenvalue weighted by Gasteiger charge is 2.11. The molecule has 0 radical (unpaired) electrons. The maximum absolute atomic E-state index is 5.74. The summed E-state index contributed by atoms with van der Waals surface area (Å²) in [5.41, 5.74) is 1.15. The van der Waals surface area contributed by atoms with Crippen LogP contribution in [0.1, 0.15) is 25.8 Å². The van der Waals surface area contributed by atoms with Gasteiger partial charge in [-0.25, -0.2) is 0 Å². The van der Waals surface area contributed by atoms with Gasteiger partial charge in [0.2, 0.25) is 0 Å². The summed E-state index contributed by atoms with van der Waals surface area (Å²) in [6.07, 6.45) is 1.12. The molecule has 0 aliphatic heterocycles. The van der Waals surface area contributed by atoms with Gasteiger partial charge in [0.05, 0.1) is 13.2 Å². The highest BCUT2D eigenvalue weighted by atomic mass is 79.9. The van der Waals surface area contributed by atoms with Crippen LogP contribution >= 0.6 is 15.9 Å². The molecule has 5 heteroatoms. The van der Waals surface area contributed by atoms with Gasteiger partial charge in [-0.3, -0.25) is 0 Å². The lowest BCUT2D eigenvalue weighted by molar-refractivity contribution is 0.194. The van der Waals surface area contributed by atoms with Crippen molar-refractivity contribution < 1.29 is 14.2 Å². The quantitative estimate of drug-likeness (QED) is 0.696. The maximum Gasteiger partial charge on any atom is 0.162 e. The Bertz CT molecular complexity index is 410. The van der Waals surface area contributed by atoms with Gasteiger partial charge >= 0.3 is 0 Å². The Morgan fingerprint density at radius 2 is 1.95 bits per heavy atom. The molecule has 114 valence electrons. The van der Waals surface area contributed by atoms with Crippen LogP contribution in [0.5, 0.6) is 11.5 Å². The minimum atomic E-state index is 0.119. The van der Waals surface area contributed by atoms with Crippen LogP contribution in [0.3, 0.4) is 0 Å². The number of rotatable bonds is 9. The molecule has 0 aromatic heterocycles. The zero-order chi connectivity index (χ0) is 15.0. The summed E-state index contributed by atoms with van der Waals surface area (Å²) >= 11 is 3.58. The first-order chi connectivity index (χ1) is 9.58. The number of benzene rings is 1. The molecule has 1 N–H and O–H groups in total. The van der Waals surface area contributed by atoms with Gasteiger partial charge in [0.15, 0.2) is 11.5 Å². The lowest BCUT2D eigenvalue weighted by Crippen LogP contribution is -2.16. The first kappa shape index (κ1) is 17.3. The zero-order valence-corrected chi connectivity index (χ0v) is 14.2. The Kier molecular flexibility index (Phi) is 7.95. The first-order valence-electron chi connectivity index (χ1n) is 6.81. The van der Waals surface area contributed by atoms with E-state index in [1.54, 1.807) is 14.2 Å². The highest BCUT2D eigenvalue weighted by molar-refractivity contribution is 9.10. The second-order valence-corrected chi connectivity index (χ2v) is 5.64. The van der Waals surface area contributed by atoms with E-state index in [0.29, 0.717) is 0 Å². The standard InChI is InChI=1S/C15H24BrNO3/c1-11(2)20-15-9-13(16)12(8-14(15)19-4)10-17-6-5-7-18-3/h8-9,11,17H,5-7,10H2,1-4H3. The van der Waals surface area contributed by atoms with Crippen molar-refractivity contribution in [3.63, 3.8) is 0 Å². The molecule has 20 heavy (non-hydrogen) atoms. The van der Waals surface area contributed by atoms with Crippen molar-refractivity contribution in [1.82, 2.24) is 5.32 Å². The average Bonchev–Trinajstić information content (AvgIpc) is 2.40. The monoisotopic (exact) mass is 345 g/mol. The van der Waals surface area contributed by atoms with E-state index in [0.717, 1.165) is 47.7 Å².